The van der Waals surface area contributed by atoms with Gasteiger partial charge in [-0.3, -0.25) is 4.90 Å². The van der Waals surface area contributed by atoms with Crippen molar-refractivity contribution in [1.82, 2.24) is 4.90 Å². The van der Waals surface area contributed by atoms with E-state index in [9.17, 15) is 17.7 Å². The Morgan fingerprint density at radius 3 is 2.38 bits per heavy atom. The SMILES string of the molecule is CC(C)(C)OC(=O)N1Cc2cccc([B-](F)(F)F)c2C1.[K+]. The van der Waals surface area contributed by atoms with Gasteiger partial charge in [0.05, 0.1) is 0 Å². The molecule has 0 spiro atoms. The maximum Gasteiger partial charge on any atom is 1.00 e. The van der Waals surface area contributed by atoms with Gasteiger partial charge in [0.1, 0.15) is 5.60 Å². The van der Waals surface area contributed by atoms with Crippen molar-refractivity contribution >= 4 is 18.5 Å². The van der Waals surface area contributed by atoms with Gasteiger partial charge in [-0.1, -0.05) is 23.8 Å². The molecule has 0 atom stereocenters. The molecule has 3 nitrogen and oxygen atoms in total. The van der Waals surface area contributed by atoms with Crippen molar-refractivity contribution in [2.75, 3.05) is 0 Å². The van der Waals surface area contributed by atoms with E-state index in [2.05, 4.69) is 0 Å². The summed E-state index contributed by atoms with van der Waals surface area (Å²) in [6, 6.07) is 4.06. The first-order valence-electron chi connectivity index (χ1n) is 6.36. The van der Waals surface area contributed by atoms with E-state index in [1.165, 1.54) is 11.0 Å². The molecule has 0 saturated heterocycles. The van der Waals surface area contributed by atoms with Crippen LogP contribution in [0.25, 0.3) is 0 Å². The Labute approximate surface area is 164 Å². The van der Waals surface area contributed by atoms with Crippen LogP contribution in [0.15, 0.2) is 18.2 Å². The third kappa shape index (κ3) is 4.72. The molecular weight excluding hydrogens is 309 g/mol. The van der Waals surface area contributed by atoms with E-state index in [4.69, 9.17) is 4.74 Å². The number of carbonyl (C=O) groups excluding carboxylic acids is 1. The topological polar surface area (TPSA) is 29.5 Å². The van der Waals surface area contributed by atoms with E-state index in [1.807, 2.05) is 0 Å². The van der Waals surface area contributed by atoms with Crippen molar-refractivity contribution in [1.29, 1.82) is 0 Å². The predicted molar refractivity (Wildman–Crippen MR) is 70.6 cm³/mol. The van der Waals surface area contributed by atoms with Gasteiger partial charge in [-0.15, -0.1) is 5.46 Å². The van der Waals surface area contributed by atoms with Crippen molar-refractivity contribution in [3.63, 3.8) is 0 Å². The van der Waals surface area contributed by atoms with Crippen LogP contribution in [0.3, 0.4) is 0 Å². The molecule has 110 valence electrons. The number of benzene rings is 1. The number of halogens is 3. The van der Waals surface area contributed by atoms with Crippen molar-refractivity contribution in [3.05, 3.63) is 29.3 Å². The minimum Gasteiger partial charge on any atom is -0.445 e. The Balaban J connectivity index is 0.00000220. The Morgan fingerprint density at radius 2 is 1.86 bits per heavy atom. The summed E-state index contributed by atoms with van der Waals surface area (Å²) in [6.07, 6.45) is -0.589. The van der Waals surface area contributed by atoms with Crippen LogP contribution >= 0.6 is 0 Å². The summed E-state index contributed by atoms with van der Waals surface area (Å²) in [7, 11) is 0. The van der Waals surface area contributed by atoms with Gasteiger partial charge in [0, 0.05) is 13.1 Å². The molecule has 0 aliphatic carbocycles. The first-order chi connectivity index (χ1) is 9.08. The van der Waals surface area contributed by atoms with Gasteiger partial charge >= 0.3 is 64.5 Å². The molecule has 1 amide bonds. The van der Waals surface area contributed by atoms with E-state index in [1.54, 1.807) is 26.8 Å². The minimum atomic E-state index is -5.07. The number of fused-ring (bicyclic) bond motifs is 1. The number of nitrogens with zero attached hydrogens (tertiary/aromatic N) is 1. The fourth-order valence-corrected chi connectivity index (χ4v) is 2.21. The Kier molecular flexibility index (Phi) is 6.00. The number of hydrogen-bond acceptors (Lipinski definition) is 2. The summed E-state index contributed by atoms with van der Waals surface area (Å²) >= 11 is 0. The molecule has 1 heterocycles. The smallest absolute Gasteiger partial charge is 0.445 e. The summed E-state index contributed by atoms with van der Waals surface area (Å²) in [5.74, 6) is 0. The van der Waals surface area contributed by atoms with Crippen LogP contribution < -0.4 is 56.8 Å². The maximum atomic E-state index is 13.0. The van der Waals surface area contributed by atoms with Crippen LogP contribution in [-0.2, 0) is 17.8 Å². The number of rotatable bonds is 1. The van der Waals surface area contributed by atoms with Crippen molar-refractivity contribution in [3.8, 4) is 0 Å². The van der Waals surface area contributed by atoms with Gasteiger partial charge < -0.3 is 17.7 Å². The molecular formula is C13H16BF3KNO2. The third-order valence-electron chi connectivity index (χ3n) is 3.02. The average Bonchev–Trinajstić information content (AvgIpc) is 2.68. The summed E-state index contributed by atoms with van der Waals surface area (Å²) < 4.78 is 44.1. The molecule has 1 aromatic rings. The first kappa shape index (κ1) is 19.0. The zero-order valence-corrected chi connectivity index (χ0v) is 15.7. The van der Waals surface area contributed by atoms with Crippen LogP contribution in [0.5, 0.6) is 0 Å². The number of hydrogen-bond donors (Lipinski definition) is 0. The number of carbonyl (C=O) groups is 1. The van der Waals surface area contributed by atoms with Crippen LogP contribution in [-0.4, -0.2) is 23.6 Å². The largest absolute Gasteiger partial charge is 1.00 e. The van der Waals surface area contributed by atoms with Crippen LogP contribution in [0, 0.1) is 0 Å². The van der Waals surface area contributed by atoms with Crippen molar-refractivity contribution < 1.29 is 73.9 Å². The van der Waals surface area contributed by atoms with Gasteiger partial charge in [-0.25, -0.2) is 4.79 Å². The second-order valence-electron chi connectivity index (χ2n) is 5.90. The van der Waals surface area contributed by atoms with Crippen molar-refractivity contribution in [2.24, 2.45) is 0 Å². The molecule has 0 aromatic heterocycles. The van der Waals surface area contributed by atoms with E-state index in [0.717, 1.165) is 6.07 Å². The Morgan fingerprint density at radius 1 is 1.24 bits per heavy atom. The molecule has 8 heteroatoms. The molecule has 2 rings (SSSR count). The van der Waals surface area contributed by atoms with Gasteiger partial charge in [0.2, 0.25) is 0 Å². The van der Waals surface area contributed by atoms with Gasteiger partial charge in [-0.05, 0) is 26.3 Å². The van der Waals surface area contributed by atoms with Gasteiger partial charge in [0.25, 0.3) is 0 Å². The van der Waals surface area contributed by atoms with Crippen LogP contribution in [0.2, 0.25) is 0 Å². The molecule has 0 saturated carbocycles. The molecule has 0 bridgehead atoms. The van der Waals surface area contributed by atoms with Gasteiger partial charge in [0.15, 0.2) is 0 Å². The maximum absolute atomic E-state index is 13.0. The second-order valence-corrected chi connectivity index (χ2v) is 5.90. The number of ether oxygens (including phenoxy) is 1. The zero-order valence-electron chi connectivity index (χ0n) is 12.6. The quantitative estimate of drug-likeness (QED) is 0.680. The first-order valence-corrected chi connectivity index (χ1v) is 6.36. The molecule has 0 N–H and O–H groups in total. The third-order valence-corrected chi connectivity index (χ3v) is 3.02. The molecule has 0 fully saturated rings. The number of amides is 1. The van der Waals surface area contributed by atoms with E-state index >= 15 is 0 Å². The molecule has 0 radical (unpaired) electrons. The molecule has 0 unspecified atom stereocenters. The van der Waals surface area contributed by atoms with Crippen LogP contribution in [0.1, 0.15) is 31.9 Å². The normalized spacial score (nSPS) is 14.5. The molecule has 1 aliphatic heterocycles. The summed E-state index contributed by atoms with van der Waals surface area (Å²) in [5.41, 5.74) is -0.560. The van der Waals surface area contributed by atoms with E-state index in [-0.39, 0.29) is 70.0 Å². The fraction of sp³-hybridized carbons (Fsp3) is 0.462. The summed E-state index contributed by atoms with van der Waals surface area (Å²) in [5, 5.41) is 0. The average molecular weight is 325 g/mol. The fourth-order valence-electron chi connectivity index (χ4n) is 2.21. The van der Waals surface area contributed by atoms with Crippen molar-refractivity contribution in [2.45, 2.75) is 39.5 Å². The minimum absolute atomic E-state index is 0. The standard InChI is InChI=1S/C13H16BF3NO2.K/c1-13(2,3)20-12(19)18-7-9-5-4-6-11(10(9)8-18)14(15,16)17;/h4-6H,7-8H2,1-3H3;/q-1;+1. The summed E-state index contributed by atoms with van der Waals surface area (Å²) in [4.78, 5) is 13.2. The van der Waals surface area contributed by atoms with Gasteiger partial charge in [-0.2, -0.15) is 0 Å². The summed E-state index contributed by atoms with van der Waals surface area (Å²) in [6.45, 7) is 0.195. The Bertz CT molecular complexity index is 543. The zero-order chi connectivity index (χ0) is 15.1. The van der Waals surface area contributed by atoms with Crippen LogP contribution in [0.4, 0.5) is 17.7 Å². The molecule has 21 heavy (non-hydrogen) atoms. The monoisotopic (exact) mass is 325 g/mol. The van der Waals surface area contributed by atoms with E-state index < -0.39 is 24.1 Å². The second kappa shape index (κ2) is 6.62. The Hall–Kier alpha value is -0.0187. The molecule has 1 aliphatic rings. The van der Waals surface area contributed by atoms with E-state index in [0.29, 0.717) is 5.56 Å². The molecule has 1 aromatic carbocycles. The predicted octanol–water partition coefficient (Wildman–Crippen LogP) is -0.00430.